The number of thiocarbonyl (C=S) groups is 1. The number of nitrogens with two attached hydrogens (primary N) is 1. The van der Waals surface area contributed by atoms with Gasteiger partial charge in [-0.05, 0) is 12.8 Å². The first-order valence-electron chi connectivity index (χ1n) is 5.96. The molecule has 16 heavy (non-hydrogen) atoms. The Kier molecular flexibility index (Phi) is 11.0. The van der Waals surface area contributed by atoms with Crippen molar-refractivity contribution in [2.24, 2.45) is 5.73 Å². The third-order valence-electron chi connectivity index (χ3n) is 2.78. The lowest BCUT2D eigenvalue weighted by Gasteiger charge is -2.22. The van der Waals surface area contributed by atoms with Gasteiger partial charge in [0.15, 0.2) is 0 Å². The molecule has 1 aliphatic rings. The van der Waals surface area contributed by atoms with E-state index in [0.717, 1.165) is 10.1 Å². The van der Waals surface area contributed by atoms with Crippen molar-refractivity contribution in [2.75, 3.05) is 12.3 Å². The van der Waals surface area contributed by atoms with E-state index in [2.05, 4.69) is 5.32 Å². The fourth-order valence-corrected chi connectivity index (χ4v) is 2.93. The number of nitrogens with one attached hydrogen (secondary N) is 1. The Bertz CT molecular complexity index is 183. The molecule has 2 nitrogen and oxygen atoms in total. The van der Waals surface area contributed by atoms with E-state index >= 15 is 0 Å². The number of hydrogen-bond acceptors (Lipinski definition) is 3. The fraction of sp³-hybridized carbons (Fsp3) is 0.909. The second-order valence-electron chi connectivity index (χ2n) is 4.11. The maximum Gasteiger partial charge on any atom is 0.134 e. The van der Waals surface area contributed by atoms with E-state index in [1.807, 2.05) is 0 Å². The highest BCUT2D eigenvalue weighted by Crippen LogP contribution is 2.17. The first-order valence-corrected chi connectivity index (χ1v) is 7.35. The maximum absolute atomic E-state index is 5.45. The van der Waals surface area contributed by atoms with Crippen molar-refractivity contribution in [3.63, 3.8) is 0 Å². The zero-order valence-electron chi connectivity index (χ0n) is 9.74. The summed E-state index contributed by atoms with van der Waals surface area (Å²) >= 11 is 6.95. The van der Waals surface area contributed by atoms with Crippen LogP contribution < -0.4 is 11.1 Å². The molecule has 0 radical (unpaired) electrons. The Morgan fingerprint density at radius 3 is 2.31 bits per heavy atom. The maximum atomic E-state index is 5.45. The first kappa shape index (κ1) is 16.5. The molecule has 96 valence electrons. The molecule has 1 saturated carbocycles. The standard InChI is InChI=1S/C11H22N2S2.ClH/c12-8-9-15-11(14)13-10-6-4-2-1-3-5-7-10;/h10H,1-9,12H2,(H,13,14);1H. The molecule has 0 aliphatic heterocycles. The second-order valence-corrected chi connectivity index (χ2v) is 5.88. The topological polar surface area (TPSA) is 38.0 Å². The normalized spacial score (nSPS) is 18.1. The van der Waals surface area contributed by atoms with Gasteiger partial charge in [0, 0.05) is 18.3 Å². The molecule has 0 bridgehead atoms. The SMILES string of the molecule is Cl.NCCSC(=S)NC1CCCCCCC1. The summed E-state index contributed by atoms with van der Waals surface area (Å²) < 4.78 is 0.936. The molecule has 5 heteroatoms. The van der Waals surface area contributed by atoms with Gasteiger partial charge in [0.25, 0.3) is 0 Å². The van der Waals surface area contributed by atoms with E-state index in [9.17, 15) is 0 Å². The minimum Gasteiger partial charge on any atom is -0.368 e. The zero-order valence-corrected chi connectivity index (χ0v) is 12.2. The van der Waals surface area contributed by atoms with Crippen molar-refractivity contribution in [3.8, 4) is 0 Å². The van der Waals surface area contributed by atoms with Crippen LogP contribution in [0, 0.1) is 0 Å². The van der Waals surface area contributed by atoms with Crippen molar-refractivity contribution >= 4 is 40.7 Å². The summed E-state index contributed by atoms with van der Waals surface area (Å²) in [5.74, 6) is 0.929. The van der Waals surface area contributed by atoms with Crippen molar-refractivity contribution in [1.82, 2.24) is 5.32 Å². The highest BCUT2D eigenvalue weighted by Gasteiger charge is 2.11. The van der Waals surface area contributed by atoms with Crippen LogP contribution in [0.25, 0.3) is 0 Å². The molecule has 0 heterocycles. The molecule has 0 spiro atoms. The van der Waals surface area contributed by atoms with Gasteiger partial charge in [0.1, 0.15) is 4.32 Å². The Morgan fingerprint density at radius 2 is 1.75 bits per heavy atom. The number of halogens is 1. The van der Waals surface area contributed by atoms with Gasteiger partial charge in [0.2, 0.25) is 0 Å². The van der Waals surface area contributed by atoms with Gasteiger partial charge in [-0.15, -0.1) is 12.4 Å². The van der Waals surface area contributed by atoms with Gasteiger partial charge in [-0.3, -0.25) is 0 Å². The summed E-state index contributed by atoms with van der Waals surface area (Å²) in [7, 11) is 0. The summed E-state index contributed by atoms with van der Waals surface area (Å²) in [6.45, 7) is 0.706. The number of hydrogen-bond donors (Lipinski definition) is 2. The monoisotopic (exact) mass is 282 g/mol. The Morgan fingerprint density at radius 1 is 1.19 bits per heavy atom. The lowest BCUT2D eigenvalue weighted by Crippen LogP contribution is -2.32. The van der Waals surface area contributed by atoms with Crippen LogP contribution in [-0.4, -0.2) is 22.7 Å². The molecular weight excluding hydrogens is 260 g/mol. The van der Waals surface area contributed by atoms with Gasteiger partial charge in [-0.1, -0.05) is 56.1 Å². The van der Waals surface area contributed by atoms with E-state index in [0.29, 0.717) is 12.6 Å². The van der Waals surface area contributed by atoms with Crippen LogP contribution in [0.3, 0.4) is 0 Å². The number of thioether (sulfide) groups is 1. The highest BCUT2D eigenvalue weighted by molar-refractivity contribution is 8.22. The van der Waals surface area contributed by atoms with Crippen LogP contribution in [0.1, 0.15) is 44.9 Å². The minimum atomic E-state index is 0. The summed E-state index contributed by atoms with van der Waals surface area (Å²) in [5.41, 5.74) is 5.45. The van der Waals surface area contributed by atoms with Crippen molar-refractivity contribution < 1.29 is 0 Å². The van der Waals surface area contributed by atoms with Crippen LogP contribution >= 0.6 is 36.4 Å². The predicted molar refractivity (Wildman–Crippen MR) is 80.6 cm³/mol. The molecule has 0 aromatic carbocycles. The summed E-state index contributed by atoms with van der Waals surface area (Å²) in [4.78, 5) is 0. The van der Waals surface area contributed by atoms with E-state index < -0.39 is 0 Å². The molecule has 0 amide bonds. The quantitative estimate of drug-likeness (QED) is 0.780. The molecule has 3 N–H and O–H groups in total. The van der Waals surface area contributed by atoms with Gasteiger partial charge in [-0.25, -0.2) is 0 Å². The third kappa shape index (κ3) is 7.71. The summed E-state index contributed by atoms with van der Waals surface area (Å²) in [6.07, 6.45) is 9.46. The smallest absolute Gasteiger partial charge is 0.134 e. The zero-order chi connectivity index (χ0) is 10.9. The molecule has 1 fully saturated rings. The second kappa shape index (κ2) is 10.6. The Labute approximate surface area is 115 Å². The summed E-state index contributed by atoms with van der Waals surface area (Å²) in [5, 5.41) is 3.46. The molecule has 0 saturated heterocycles. The Hall–Kier alpha value is 0.490. The fourth-order valence-electron chi connectivity index (χ4n) is 1.96. The van der Waals surface area contributed by atoms with Gasteiger partial charge < -0.3 is 11.1 Å². The largest absolute Gasteiger partial charge is 0.368 e. The lowest BCUT2D eigenvalue weighted by atomic mass is 9.97. The van der Waals surface area contributed by atoms with Gasteiger partial charge in [-0.2, -0.15) is 0 Å². The molecular formula is C11H23ClN2S2. The van der Waals surface area contributed by atoms with Crippen LogP contribution in [0.5, 0.6) is 0 Å². The molecule has 0 unspecified atom stereocenters. The molecule has 0 aromatic rings. The molecule has 0 aromatic heterocycles. The highest BCUT2D eigenvalue weighted by atomic mass is 35.5. The van der Waals surface area contributed by atoms with E-state index in [1.165, 1.54) is 44.9 Å². The molecule has 1 rings (SSSR count). The molecule has 0 atom stereocenters. The average molecular weight is 283 g/mol. The summed E-state index contributed by atoms with van der Waals surface area (Å²) in [6, 6.07) is 0.614. The van der Waals surface area contributed by atoms with E-state index in [-0.39, 0.29) is 12.4 Å². The van der Waals surface area contributed by atoms with Crippen molar-refractivity contribution in [1.29, 1.82) is 0 Å². The van der Waals surface area contributed by atoms with Crippen LogP contribution in [-0.2, 0) is 0 Å². The van der Waals surface area contributed by atoms with E-state index in [1.54, 1.807) is 11.8 Å². The molecule has 1 aliphatic carbocycles. The van der Waals surface area contributed by atoms with Crippen molar-refractivity contribution in [2.45, 2.75) is 51.0 Å². The minimum absolute atomic E-state index is 0. The van der Waals surface area contributed by atoms with Gasteiger partial charge in [0.05, 0.1) is 0 Å². The van der Waals surface area contributed by atoms with Crippen LogP contribution in [0.15, 0.2) is 0 Å². The average Bonchev–Trinajstić information content (AvgIpc) is 2.19. The van der Waals surface area contributed by atoms with E-state index in [4.69, 9.17) is 18.0 Å². The predicted octanol–water partition coefficient (Wildman–Crippen LogP) is 3.09. The third-order valence-corrected chi connectivity index (χ3v) is 4.07. The Balaban J connectivity index is 0.00000225. The van der Waals surface area contributed by atoms with Crippen LogP contribution in [0.2, 0.25) is 0 Å². The first-order chi connectivity index (χ1) is 7.33. The van der Waals surface area contributed by atoms with Crippen LogP contribution in [0.4, 0.5) is 0 Å². The van der Waals surface area contributed by atoms with Crippen molar-refractivity contribution in [3.05, 3.63) is 0 Å². The van der Waals surface area contributed by atoms with Gasteiger partial charge >= 0.3 is 0 Å². The lowest BCUT2D eigenvalue weighted by molar-refractivity contribution is 0.431. The number of rotatable bonds is 3.